The first-order valence-corrected chi connectivity index (χ1v) is 10.8. The van der Waals surface area contributed by atoms with E-state index >= 15 is 0 Å². The number of nitrogens with one attached hydrogen (secondary N) is 2. The quantitative estimate of drug-likeness (QED) is 0.377. The van der Waals surface area contributed by atoms with Gasteiger partial charge >= 0.3 is 0 Å². The van der Waals surface area contributed by atoms with E-state index < -0.39 is 6.04 Å². The molecule has 0 bridgehead atoms. The predicted molar refractivity (Wildman–Crippen MR) is 137 cm³/mol. The molecular weight excluding hydrogens is 474 g/mol. The van der Waals surface area contributed by atoms with Gasteiger partial charge in [0.25, 0.3) is 0 Å². The van der Waals surface area contributed by atoms with E-state index in [9.17, 15) is 4.79 Å². The number of carbonyl (C=O) groups is 1. The normalized spacial score (nSPS) is 11.4. The molecular formula is C24H32ClN5O5. The van der Waals surface area contributed by atoms with E-state index in [1.54, 1.807) is 45.6 Å². The third-order valence-corrected chi connectivity index (χ3v) is 5.29. The SMILES string of the molecule is COc1ccc(-c2[nH]nnc2-c2cc(OC)c(OC)c(OC)c2)cc1NC(=O)C(N)CC(C)C.Cl. The molecule has 0 saturated carbocycles. The van der Waals surface area contributed by atoms with Crippen LogP contribution in [0.15, 0.2) is 30.3 Å². The molecule has 35 heavy (non-hydrogen) atoms. The summed E-state index contributed by atoms with van der Waals surface area (Å²) in [4.78, 5) is 12.6. The average molecular weight is 506 g/mol. The number of hydrogen-bond donors (Lipinski definition) is 3. The summed E-state index contributed by atoms with van der Waals surface area (Å²) in [5.74, 6) is 1.99. The van der Waals surface area contributed by atoms with Crippen LogP contribution in [0.25, 0.3) is 22.5 Å². The van der Waals surface area contributed by atoms with Crippen molar-refractivity contribution in [3.05, 3.63) is 30.3 Å². The number of aromatic amines is 1. The average Bonchev–Trinajstić information content (AvgIpc) is 3.32. The van der Waals surface area contributed by atoms with E-state index in [4.69, 9.17) is 24.7 Å². The first-order valence-electron chi connectivity index (χ1n) is 10.8. The van der Waals surface area contributed by atoms with Gasteiger partial charge in [0, 0.05) is 11.1 Å². The summed E-state index contributed by atoms with van der Waals surface area (Å²) in [6.45, 7) is 4.04. The molecule has 1 amide bonds. The van der Waals surface area contributed by atoms with Gasteiger partial charge in [0.15, 0.2) is 11.5 Å². The lowest BCUT2D eigenvalue weighted by molar-refractivity contribution is -0.117. The maximum Gasteiger partial charge on any atom is 0.241 e. The lowest BCUT2D eigenvalue weighted by Gasteiger charge is -2.17. The van der Waals surface area contributed by atoms with Crippen LogP contribution in [0.5, 0.6) is 23.0 Å². The van der Waals surface area contributed by atoms with E-state index in [2.05, 4.69) is 20.7 Å². The standard InChI is InChI=1S/C24H31N5O5.ClH/c1-13(2)9-16(25)24(30)26-17-10-14(7-8-18(17)31-3)21-22(28-29-27-21)15-11-19(32-4)23(34-6)20(12-15)33-5;/h7-8,10-13,16H,9,25H2,1-6H3,(H,26,30)(H,27,28,29);1H. The van der Waals surface area contributed by atoms with Gasteiger partial charge in [-0.15, -0.1) is 17.5 Å². The second kappa shape index (κ2) is 12.3. The third-order valence-electron chi connectivity index (χ3n) is 5.29. The van der Waals surface area contributed by atoms with Crippen LogP contribution in [-0.4, -0.2) is 55.8 Å². The summed E-state index contributed by atoms with van der Waals surface area (Å²) in [5, 5.41) is 14.1. The zero-order valence-corrected chi connectivity index (χ0v) is 21.5. The van der Waals surface area contributed by atoms with Crippen LogP contribution in [0, 0.1) is 5.92 Å². The highest BCUT2D eigenvalue weighted by molar-refractivity contribution is 5.97. The number of nitrogens with two attached hydrogens (primary N) is 1. The number of benzene rings is 2. The van der Waals surface area contributed by atoms with Gasteiger partial charge in [0.2, 0.25) is 11.7 Å². The highest BCUT2D eigenvalue weighted by Crippen LogP contribution is 2.42. The topological polar surface area (TPSA) is 134 Å². The smallest absolute Gasteiger partial charge is 0.241 e. The summed E-state index contributed by atoms with van der Waals surface area (Å²) in [7, 11) is 6.18. The van der Waals surface area contributed by atoms with Crippen LogP contribution in [0.2, 0.25) is 0 Å². The van der Waals surface area contributed by atoms with Crippen LogP contribution in [-0.2, 0) is 4.79 Å². The van der Waals surface area contributed by atoms with Crippen molar-refractivity contribution in [1.82, 2.24) is 15.4 Å². The predicted octanol–water partition coefficient (Wildman–Crippen LogP) is 3.91. The number of halogens is 1. The maximum atomic E-state index is 12.6. The van der Waals surface area contributed by atoms with E-state index in [1.165, 1.54) is 7.11 Å². The first-order chi connectivity index (χ1) is 16.3. The minimum atomic E-state index is -0.628. The molecule has 0 saturated heterocycles. The number of nitrogens with zero attached hydrogens (tertiary/aromatic N) is 2. The summed E-state index contributed by atoms with van der Waals surface area (Å²) in [6.07, 6.45) is 0.573. The van der Waals surface area contributed by atoms with Crippen LogP contribution in [0.3, 0.4) is 0 Å². The Morgan fingerprint density at radius 2 is 1.60 bits per heavy atom. The molecule has 190 valence electrons. The largest absolute Gasteiger partial charge is 0.495 e. The highest BCUT2D eigenvalue weighted by Gasteiger charge is 2.21. The van der Waals surface area contributed by atoms with Crippen molar-refractivity contribution in [1.29, 1.82) is 0 Å². The Kier molecular flexibility index (Phi) is 9.73. The Bertz CT molecular complexity index is 1130. The van der Waals surface area contributed by atoms with Gasteiger partial charge in [0.05, 0.1) is 45.9 Å². The number of methoxy groups -OCH3 is 4. The molecule has 0 fully saturated rings. The summed E-state index contributed by atoms with van der Waals surface area (Å²) < 4.78 is 21.8. The van der Waals surface area contributed by atoms with E-state index in [1.807, 2.05) is 19.9 Å². The Hall–Kier alpha value is -3.50. The summed E-state index contributed by atoms with van der Waals surface area (Å²) in [5.41, 5.74) is 9.20. The van der Waals surface area contributed by atoms with Gasteiger partial charge in [-0.25, -0.2) is 0 Å². The van der Waals surface area contributed by atoms with Crippen LogP contribution in [0.1, 0.15) is 20.3 Å². The fraction of sp³-hybridized carbons (Fsp3) is 0.375. The molecule has 3 aromatic rings. The van der Waals surface area contributed by atoms with Crippen molar-refractivity contribution in [3.8, 4) is 45.5 Å². The maximum absolute atomic E-state index is 12.6. The van der Waals surface area contributed by atoms with Gasteiger partial charge in [-0.05, 0) is 42.7 Å². The number of amides is 1. The molecule has 0 radical (unpaired) electrons. The lowest BCUT2D eigenvalue weighted by atomic mass is 10.0. The zero-order chi connectivity index (χ0) is 24.8. The molecule has 4 N–H and O–H groups in total. The van der Waals surface area contributed by atoms with Crippen molar-refractivity contribution >= 4 is 24.0 Å². The Labute approximate surface area is 210 Å². The van der Waals surface area contributed by atoms with Crippen molar-refractivity contribution in [2.75, 3.05) is 33.8 Å². The third kappa shape index (κ3) is 6.14. The van der Waals surface area contributed by atoms with Crippen LogP contribution >= 0.6 is 12.4 Å². The van der Waals surface area contributed by atoms with Gasteiger partial charge in [-0.1, -0.05) is 19.1 Å². The molecule has 1 unspecified atom stereocenters. The molecule has 2 aromatic carbocycles. The number of ether oxygens (including phenoxy) is 4. The minimum absolute atomic E-state index is 0. The molecule has 1 heterocycles. The highest BCUT2D eigenvalue weighted by atomic mass is 35.5. The Morgan fingerprint density at radius 1 is 0.971 bits per heavy atom. The first kappa shape index (κ1) is 27.7. The number of carbonyl (C=O) groups excluding carboxylic acids is 1. The van der Waals surface area contributed by atoms with Gasteiger partial charge in [0.1, 0.15) is 11.4 Å². The van der Waals surface area contributed by atoms with Crippen molar-refractivity contribution in [3.63, 3.8) is 0 Å². The number of aromatic nitrogens is 3. The number of rotatable bonds is 10. The van der Waals surface area contributed by atoms with Gasteiger partial charge in [-0.2, -0.15) is 0 Å². The van der Waals surface area contributed by atoms with Crippen molar-refractivity contribution in [2.24, 2.45) is 11.7 Å². The number of hydrogen-bond acceptors (Lipinski definition) is 8. The fourth-order valence-electron chi connectivity index (χ4n) is 3.65. The molecule has 11 heteroatoms. The lowest BCUT2D eigenvalue weighted by Crippen LogP contribution is -2.36. The zero-order valence-electron chi connectivity index (χ0n) is 20.7. The molecule has 1 aromatic heterocycles. The van der Waals surface area contributed by atoms with Gasteiger partial charge in [-0.3, -0.25) is 9.89 Å². The van der Waals surface area contributed by atoms with Crippen LogP contribution < -0.4 is 30.0 Å². The minimum Gasteiger partial charge on any atom is -0.495 e. The van der Waals surface area contributed by atoms with Gasteiger partial charge < -0.3 is 30.0 Å². The second-order valence-electron chi connectivity index (χ2n) is 8.09. The number of anilines is 1. The van der Waals surface area contributed by atoms with E-state index in [-0.39, 0.29) is 18.3 Å². The molecule has 0 aliphatic carbocycles. The van der Waals surface area contributed by atoms with Crippen LogP contribution in [0.4, 0.5) is 5.69 Å². The number of H-pyrrole nitrogens is 1. The summed E-state index contributed by atoms with van der Waals surface area (Å²) >= 11 is 0. The van der Waals surface area contributed by atoms with Crippen molar-refractivity contribution in [2.45, 2.75) is 26.3 Å². The molecule has 0 aliphatic rings. The monoisotopic (exact) mass is 505 g/mol. The molecule has 0 aliphatic heterocycles. The molecule has 10 nitrogen and oxygen atoms in total. The molecule has 0 spiro atoms. The van der Waals surface area contributed by atoms with Crippen molar-refractivity contribution < 1.29 is 23.7 Å². The summed E-state index contributed by atoms with van der Waals surface area (Å²) in [6, 6.07) is 8.35. The molecule has 3 rings (SSSR count). The molecule has 1 atom stereocenters. The Morgan fingerprint density at radius 3 is 2.14 bits per heavy atom. The Balaban J connectivity index is 0.00000432. The van der Waals surface area contributed by atoms with E-state index in [0.717, 1.165) is 5.56 Å². The fourth-order valence-corrected chi connectivity index (χ4v) is 3.65. The van der Waals surface area contributed by atoms with E-state index in [0.29, 0.717) is 58.0 Å². The second-order valence-corrected chi connectivity index (χ2v) is 8.09.